The second kappa shape index (κ2) is 5.32. The number of benzene rings is 1. The summed E-state index contributed by atoms with van der Waals surface area (Å²) in [7, 11) is -2.32. The molecule has 1 aliphatic rings. The van der Waals surface area contributed by atoms with Crippen LogP contribution in [0.2, 0.25) is 0 Å². The number of rotatable bonds is 5. The average molecular weight is 290 g/mol. The van der Waals surface area contributed by atoms with Crippen molar-refractivity contribution in [3.8, 4) is 0 Å². The Morgan fingerprint density at radius 3 is 2.72 bits per heavy atom. The number of hydrogen-bond donors (Lipinski definition) is 0. The molecule has 1 aromatic rings. The molecule has 1 fully saturated rings. The molecule has 1 aliphatic heterocycles. The highest BCUT2D eigenvalue weighted by Gasteiger charge is 2.27. The van der Waals surface area contributed by atoms with E-state index in [1.165, 1.54) is 18.2 Å². The standard InChI is InChI=1S/C10H11O6PS/c11-10(15-6-7-5-14-7)8-3-1-2-4-9(8)18(12,13)16-17/h1-4,7H,5-6,17H2. The van der Waals surface area contributed by atoms with Gasteiger partial charge in [0, 0.05) is 9.47 Å². The Bertz CT molecular complexity index is 551. The summed E-state index contributed by atoms with van der Waals surface area (Å²) in [5, 5.41) is 0. The van der Waals surface area contributed by atoms with Crippen LogP contribution in [0.5, 0.6) is 0 Å². The van der Waals surface area contributed by atoms with Crippen LogP contribution < -0.4 is 0 Å². The zero-order valence-corrected chi connectivity index (χ0v) is 11.2. The maximum absolute atomic E-state index is 11.8. The van der Waals surface area contributed by atoms with Gasteiger partial charge in [-0.2, -0.15) is 8.42 Å². The first kappa shape index (κ1) is 13.4. The first-order valence-corrected chi connectivity index (χ1v) is 6.93. The normalized spacial score (nSPS) is 18.4. The lowest BCUT2D eigenvalue weighted by molar-refractivity contribution is 0.0472. The molecule has 0 radical (unpaired) electrons. The number of hydrogen-bond acceptors (Lipinski definition) is 6. The second-order valence-corrected chi connectivity index (χ2v) is 5.72. The van der Waals surface area contributed by atoms with Crippen molar-refractivity contribution < 1.29 is 26.7 Å². The van der Waals surface area contributed by atoms with Crippen LogP contribution in [0.25, 0.3) is 0 Å². The minimum Gasteiger partial charge on any atom is -0.459 e. The third-order valence-corrected chi connectivity index (χ3v) is 4.21. The van der Waals surface area contributed by atoms with Crippen LogP contribution in [0.4, 0.5) is 0 Å². The van der Waals surface area contributed by atoms with E-state index >= 15 is 0 Å². The van der Waals surface area contributed by atoms with E-state index in [4.69, 9.17) is 9.47 Å². The Kier molecular flexibility index (Phi) is 3.97. The molecule has 2 atom stereocenters. The van der Waals surface area contributed by atoms with Crippen molar-refractivity contribution in [2.75, 3.05) is 13.2 Å². The van der Waals surface area contributed by atoms with Gasteiger partial charge >= 0.3 is 5.97 Å². The maximum Gasteiger partial charge on any atom is 0.339 e. The summed E-state index contributed by atoms with van der Waals surface area (Å²) in [5.41, 5.74) is -0.0550. The van der Waals surface area contributed by atoms with Crippen molar-refractivity contribution >= 4 is 25.6 Å². The lowest BCUT2D eigenvalue weighted by Crippen LogP contribution is -2.14. The van der Waals surface area contributed by atoms with Gasteiger partial charge in [0.25, 0.3) is 10.1 Å². The lowest BCUT2D eigenvalue weighted by Gasteiger charge is -2.08. The molecule has 6 nitrogen and oxygen atoms in total. The van der Waals surface area contributed by atoms with Crippen LogP contribution in [0.1, 0.15) is 10.4 Å². The fraction of sp³-hybridized carbons (Fsp3) is 0.300. The fourth-order valence-corrected chi connectivity index (χ4v) is 2.40. The van der Waals surface area contributed by atoms with Crippen molar-refractivity contribution in [3.63, 3.8) is 0 Å². The molecule has 1 aromatic carbocycles. The highest BCUT2D eigenvalue weighted by molar-refractivity contribution is 7.89. The Balaban J connectivity index is 2.23. The molecule has 0 aromatic heterocycles. The third-order valence-electron chi connectivity index (χ3n) is 2.31. The third kappa shape index (κ3) is 3.05. The zero-order valence-electron chi connectivity index (χ0n) is 9.24. The Morgan fingerprint density at radius 2 is 2.11 bits per heavy atom. The monoisotopic (exact) mass is 290 g/mol. The van der Waals surface area contributed by atoms with E-state index in [9.17, 15) is 13.2 Å². The topological polar surface area (TPSA) is 82.2 Å². The zero-order chi connectivity index (χ0) is 13.2. The van der Waals surface area contributed by atoms with E-state index in [1.54, 1.807) is 15.5 Å². The van der Waals surface area contributed by atoms with Gasteiger partial charge in [0.2, 0.25) is 0 Å². The van der Waals surface area contributed by atoms with Gasteiger partial charge in [0.15, 0.2) is 0 Å². The van der Waals surface area contributed by atoms with Gasteiger partial charge in [-0.15, -0.1) is 0 Å². The Labute approximate surface area is 107 Å². The summed E-state index contributed by atoms with van der Waals surface area (Å²) in [6.07, 6.45) is -0.0734. The number of ether oxygens (including phenoxy) is 2. The smallest absolute Gasteiger partial charge is 0.339 e. The van der Waals surface area contributed by atoms with Crippen molar-refractivity contribution in [2.45, 2.75) is 11.0 Å². The molecule has 0 amide bonds. The maximum atomic E-state index is 11.8. The Hall–Kier alpha value is -1.01. The number of carbonyl (C=O) groups is 1. The van der Waals surface area contributed by atoms with Gasteiger partial charge in [-0.25, -0.2) is 4.79 Å². The van der Waals surface area contributed by atoms with Gasteiger partial charge in [0.05, 0.1) is 12.2 Å². The lowest BCUT2D eigenvalue weighted by atomic mass is 10.2. The summed E-state index contributed by atoms with van der Waals surface area (Å²) in [5.74, 6) is -0.716. The largest absolute Gasteiger partial charge is 0.459 e. The second-order valence-electron chi connectivity index (χ2n) is 3.60. The van der Waals surface area contributed by atoms with E-state index < -0.39 is 16.1 Å². The average Bonchev–Trinajstić information content (AvgIpc) is 3.20. The molecule has 1 heterocycles. The molecule has 18 heavy (non-hydrogen) atoms. The molecule has 0 spiro atoms. The van der Waals surface area contributed by atoms with E-state index in [0.717, 1.165) is 0 Å². The van der Waals surface area contributed by atoms with Crippen molar-refractivity contribution in [3.05, 3.63) is 29.8 Å². The highest BCUT2D eigenvalue weighted by atomic mass is 32.2. The molecule has 2 rings (SSSR count). The minimum atomic E-state index is -3.97. The van der Waals surface area contributed by atoms with Crippen molar-refractivity contribution in [2.24, 2.45) is 0 Å². The van der Waals surface area contributed by atoms with Crippen LogP contribution in [0.15, 0.2) is 29.2 Å². The van der Waals surface area contributed by atoms with Gasteiger partial charge in [-0.1, -0.05) is 12.1 Å². The van der Waals surface area contributed by atoms with Crippen molar-refractivity contribution in [1.29, 1.82) is 0 Å². The molecule has 1 saturated heterocycles. The molecule has 0 aliphatic carbocycles. The predicted octanol–water partition coefficient (Wildman–Crippen LogP) is 0.738. The predicted molar refractivity (Wildman–Crippen MR) is 64.4 cm³/mol. The summed E-state index contributed by atoms with van der Waals surface area (Å²) in [6.45, 7) is 0.677. The van der Waals surface area contributed by atoms with Crippen molar-refractivity contribution in [1.82, 2.24) is 0 Å². The first-order valence-electron chi connectivity index (χ1n) is 5.05. The van der Waals surface area contributed by atoms with E-state index in [2.05, 4.69) is 3.97 Å². The quantitative estimate of drug-likeness (QED) is 0.452. The van der Waals surface area contributed by atoms with Crippen LogP contribution in [0, 0.1) is 0 Å². The molecular weight excluding hydrogens is 279 g/mol. The van der Waals surface area contributed by atoms with Gasteiger partial charge in [-0.3, -0.25) is 3.97 Å². The van der Waals surface area contributed by atoms with Gasteiger partial charge in [-0.05, 0) is 12.1 Å². The van der Waals surface area contributed by atoms with Crippen LogP contribution in [-0.2, 0) is 23.6 Å². The van der Waals surface area contributed by atoms with Gasteiger partial charge in [0.1, 0.15) is 17.6 Å². The molecule has 2 unspecified atom stereocenters. The van der Waals surface area contributed by atoms with E-state index in [1.807, 2.05) is 0 Å². The highest BCUT2D eigenvalue weighted by Crippen LogP contribution is 2.21. The van der Waals surface area contributed by atoms with Crippen LogP contribution >= 0.6 is 9.47 Å². The number of carbonyl (C=O) groups excluding carboxylic acids is 1. The fourth-order valence-electron chi connectivity index (χ4n) is 1.32. The first-order chi connectivity index (χ1) is 8.54. The van der Waals surface area contributed by atoms with Crippen LogP contribution in [0.3, 0.4) is 0 Å². The van der Waals surface area contributed by atoms with E-state index in [-0.39, 0.29) is 23.2 Å². The van der Waals surface area contributed by atoms with Gasteiger partial charge < -0.3 is 9.47 Å². The van der Waals surface area contributed by atoms with Crippen LogP contribution in [-0.4, -0.2) is 33.7 Å². The number of esters is 1. The number of epoxide rings is 1. The van der Waals surface area contributed by atoms with E-state index in [0.29, 0.717) is 6.61 Å². The summed E-state index contributed by atoms with van der Waals surface area (Å²) in [4.78, 5) is 11.5. The summed E-state index contributed by atoms with van der Waals surface area (Å²) >= 11 is 0. The Morgan fingerprint density at radius 1 is 1.44 bits per heavy atom. The molecule has 0 saturated carbocycles. The molecule has 98 valence electrons. The SMILES string of the molecule is O=C(OCC1CO1)c1ccccc1S(=O)(=O)OP. The summed E-state index contributed by atoms with van der Waals surface area (Å²) < 4.78 is 37.3. The minimum absolute atomic E-state index is 0.0550. The molecule has 0 bridgehead atoms. The molecule has 8 heteroatoms. The molecule has 0 N–H and O–H groups in total. The molecular formula is C10H11O6PS. The summed E-state index contributed by atoms with van der Waals surface area (Å²) in [6, 6.07) is 5.69.